The molecule has 76 valence electrons. The molecule has 0 aromatic heterocycles. The van der Waals surface area contributed by atoms with Crippen LogP contribution in [0.25, 0.3) is 0 Å². The van der Waals surface area contributed by atoms with Crippen LogP contribution in [0, 0.1) is 0 Å². The van der Waals surface area contributed by atoms with Gasteiger partial charge in [0.05, 0.1) is 5.57 Å². The van der Waals surface area contributed by atoms with Gasteiger partial charge in [0.25, 0.3) is 0 Å². The zero-order valence-electron chi connectivity index (χ0n) is 8.58. The van der Waals surface area contributed by atoms with Crippen LogP contribution in [0.15, 0.2) is 23.5 Å². The molecule has 2 heteroatoms. The van der Waals surface area contributed by atoms with E-state index in [1.54, 1.807) is 0 Å². The fourth-order valence-corrected chi connectivity index (χ4v) is 2.01. The number of carbonyl (C=O) groups excluding carboxylic acids is 1. The van der Waals surface area contributed by atoms with Crippen LogP contribution in [0.4, 0.5) is 0 Å². The molecule has 0 saturated carbocycles. The highest BCUT2D eigenvalue weighted by atomic mass is 16.5. The highest BCUT2D eigenvalue weighted by Gasteiger charge is 2.24. The summed E-state index contributed by atoms with van der Waals surface area (Å²) in [6.45, 7) is 2.15. The third-order valence-corrected chi connectivity index (χ3v) is 2.75. The van der Waals surface area contributed by atoms with Crippen LogP contribution in [0.1, 0.15) is 39.0 Å². The number of hydrogen-bond donors (Lipinski definition) is 0. The maximum atomic E-state index is 11.5. The molecule has 0 spiro atoms. The van der Waals surface area contributed by atoms with Crippen molar-refractivity contribution in [2.24, 2.45) is 0 Å². The third-order valence-electron chi connectivity index (χ3n) is 2.75. The first-order valence-electron chi connectivity index (χ1n) is 5.42. The fraction of sp³-hybridized carbons (Fsp3) is 0.583. The van der Waals surface area contributed by atoms with Gasteiger partial charge in [-0.15, -0.1) is 0 Å². The average molecular weight is 192 g/mol. The van der Waals surface area contributed by atoms with Crippen molar-refractivity contribution in [3.05, 3.63) is 23.5 Å². The molecule has 2 rings (SSSR count). The maximum Gasteiger partial charge on any atom is 0.166 e. The van der Waals surface area contributed by atoms with Crippen molar-refractivity contribution in [2.45, 2.75) is 45.1 Å². The Balaban J connectivity index is 2.12. The monoisotopic (exact) mass is 192 g/mol. The van der Waals surface area contributed by atoms with E-state index in [0.29, 0.717) is 6.42 Å². The second kappa shape index (κ2) is 3.99. The normalized spacial score (nSPS) is 26.1. The topological polar surface area (TPSA) is 26.3 Å². The molecule has 0 N–H and O–H groups in total. The van der Waals surface area contributed by atoms with Gasteiger partial charge in [0.2, 0.25) is 0 Å². The van der Waals surface area contributed by atoms with Crippen LogP contribution < -0.4 is 0 Å². The molecule has 0 fully saturated rings. The van der Waals surface area contributed by atoms with Gasteiger partial charge in [0, 0.05) is 12.8 Å². The van der Waals surface area contributed by atoms with E-state index >= 15 is 0 Å². The van der Waals surface area contributed by atoms with Gasteiger partial charge in [-0.3, -0.25) is 4.79 Å². The zero-order chi connectivity index (χ0) is 9.97. The van der Waals surface area contributed by atoms with Crippen molar-refractivity contribution >= 4 is 5.78 Å². The highest BCUT2D eigenvalue weighted by Crippen LogP contribution is 2.29. The molecule has 0 aromatic rings. The highest BCUT2D eigenvalue weighted by molar-refractivity contribution is 5.99. The Morgan fingerprint density at radius 3 is 3.14 bits per heavy atom. The number of allylic oxidation sites excluding steroid dienone is 3. The summed E-state index contributed by atoms with van der Waals surface area (Å²) < 4.78 is 5.77. The van der Waals surface area contributed by atoms with Gasteiger partial charge in [0.1, 0.15) is 11.9 Å². The van der Waals surface area contributed by atoms with Gasteiger partial charge in [-0.05, 0) is 25.0 Å². The molecule has 1 atom stereocenters. The van der Waals surface area contributed by atoms with Crippen molar-refractivity contribution in [2.75, 3.05) is 0 Å². The standard InChI is InChI=1S/C12H16O2/c1-2-4-9-7-8-10-11(13)5-3-6-12(10)14-9/h7-9H,2-6H2,1H3. The largest absolute Gasteiger partial charge is 0.490 e. The molecule has 0 radical (unpaired) electrons. The molecule has 14 heavy (non-hydrogen) atoms. The van der Waals surface area contributed by atoms with Crippen LogP contribution in [-0.4, -0.2) is 11.9 Å². The average Bonchev–Trinajstić information content (AvgIpc) is 2.18. The molecule has 1 unspecified atom stereocenters. The maximum absolute atomic E-state index is 11.5. The minimum atomic E-state index is 0.199. The minimum absolute atomic E-state index is 0.199. The first kappa shape index (κ1) is 9.50. The molecular weight excluding hydrogens is 176 g/mol. The smallest absolute Gasteiger partial charge is 0.166 e. The summed E-state index contributed by atoms with van der Waals surface area (Å²) in [7, 11) is 0. The summed E-state index contributed by atoms with van der Waals surface area (Å²) in [4.78, 5) is 11.5. The quantitative estimate of drug-likeness (QED) is 0.672. The summed E-state index contributed by atoms with van der Waals surface area (Å²) in [5.41, 5.74) is 0.823. The molecular formula is C12H16O2. The van der Waals surface area contributed by atoms with E-state index in [0.717, 1.165) is 37.0 Å². The Morgan fingerprint density at radius 1 is 1.50 bits per heavy atom. The van der Waals surface area contributed by atoms with Gasteiger partial charge < -0.3 is 4.74 Å². The first-order valence-corrected chi connectivity index (χ1v) is 5.42. The fourth-order valence-electron chi connectivity index (χ4n) is 2.01. The van der Waals surface area contributed by atoms with Gasteiger partial charge in [-0.25, -0.2) is 0 Å². The van der Waals surface area contributed by atoms with E-state index in [-0.39, 0.29) is 11.9 Å². The van der Waals surface area contributed by atoms with Crippen LogP contribution in [-0.2, 0) is 9.53 Å². The number of rotatable bonds is 2. The van der Waals surface area contributed by atoms with Gasteiger partial charge in [0.15, 0.2) is 5.78 Å². The number of Topliss-reactive ketones (excluding diaryl/α,β-unsaturated/α-hetero) is 1. The molecule has 1 heterocycles. The van der Waals surface area contributed by atoms with Gasteiger partial charge in [-0.1, -0.05) is 13.3 Å². The van der Waals surface area contributed by atoms with E-state index in [9.17, 15) is 4.79 Å². The number of ether oxygens (including phenoxy) is 1. The Bertz CT molecular complexity index is 299. The lowest BCUT2D eigenvalue weighted by Crippen LogP contribution is -2.20. The van der Waals surface area contributed by atoms with Crippen molar-refractivity contribution in [3.63, 3.8) is 0 Å². The second-order valence-electron chi connectivity index (χ2n) is 3.92. The predicted octanol–water partition coefficient (Wildman–Crippen LogP) is 2.75. The van der Waals surface area contributed by atoms with E-state index < -0.39 is 0 Å². The van der Waals surface area contributed by atoms with E-state index in [2.05, 4.69) is 6.92 Å². The van der Waals surface area contributed by atoms with Crippen LogP contribution in [0.2, 0.25) is 0 Å². The lowest BCUT2D eigenvalue weighted by Gasteiger charge is -2.26. The van der Waals surface area contributed by atoms with Crippen molar-refractivity contribution < 1.29 is 9.53 Å². The van der Waals surface area contributed by atoms with Crippen molar-refractivity contribution in [1.29, 1.82) is 0 Å². The lowest BCUT2D eigenvalue weighted by atomic mass is 9.93. The summed E-state index contributed by atoms with van der Waals surface area (Å²) in [6, 6.07) is 0. The first-order chi connectivity index (χ1) is 6.81. The number of ketones is 1. The molecule has 0 bridgehead atoms. The predicted molar refractivity (Wildman–Crippen MR) is 54.8 cm³/mol. The molecule has 1 aliphatic heterocycles. The summed E-state index contributed by atoms with van der Waals surface area (Å²) in [6.07, 6.45) is 8.91. The van der Waals surface area contributed by atoms with Gasteiger partial charge in [-0.2, -0.15) is 0 Å². The van der Waals surface area contributed by atoms with E-state index in [1.807, 2.05) is 12.2 Å². The van der Waals surface area contributed by atoms with Crippen molar-refractivity contribution in [3.8, 4) is 0 Å². The van der Waals surface area contributed by atoms with E-state index in [1.165, 1.54) is 0 Å². The Kier molecular flexibility index (Phi) is 2.71. The lowest BCUT2D eigenvalue weighted by molar-refractivity contribution is -0.116. The molecule has 0 aromatic carbocycles. The molecule has 2 nitrogen and oxygen atoms in total. The molecule has 2 aliphatic rings. The molecule has 0 amide bonds. The van der Waals surface area contributed by atoms with E-state index in [4.69, 9.17) is 4.74 Å². The second-order valence-corrected chi connectivity index (χ2v) is 3.92. The number of carbonyl (C=O) groups is 1. The Morgan fingerprint density at radius 2 is 2.36 bits per heavy atom. The van der Waals surface area contributed by atoms with Crippen LogP contribution in [0.3, 0.4) is 0 Å². The van der Waals surface area contributed by atoms with Gasteiger partial charge >= 0.3 is 0 Å². The van der Waals surface area contributed by atoms with Crippen LogP contribution in [0.5, 0.6) is 0 Å². The molecule has 1 aliphatic carbocycles. The Labute approximate surface area is 84.6 Å². The van der Waals surface area contributed by atoms with Crippen molar-refractivity contribution in [1.82, 2.24) is 0 Å². The summed E-state index contributed by atoms with van der Waals surface area (Å²) in [5.74, 6) is 1.18. The Hall–Kier alpha value is -1.05. The summed E-state index contributed by atoms with van der Waals surface area (Å²) >= 11 is 0. The van der Waals surface area contributed by atoms with Crippen LogP contribution >= 0.6 is 0 Å². The minimum Gasteiger partial charge on any atom is -0.490 e. The summed E-state index contributed by atoms with van der Waals surface area (Å²) in [5, 5.41) is 0. The SMILES string of the molecule is CCCC1C=CC2=C(CCCC2=O)O1. The third kappa shape index (κ3) is 1.74. The zero-order valence-corrected chi connectivity index (χ0v) is 8.58. The number of hydrogen-bond acceptors (Lipinski definition) is 2. The molecule has 0 saturated heterocycles.